The van der Waals surface area contributed by atoms with Crippen molar-refractivity contribution in [3.8, 4) is 0 Å². The van der Waals surface area contributed by atoms with E-state index in [2.05, 4.69) is 4.99 Å². The Balaban J connectivity index is 2.17. The summed E-state index contributed by atoms with van der Waals surface area (Å²) in [6.45, 7) is 1.54. The monoisotopic (exact) mass is 313 g/mol. The molecule has 1 fully saturated rings. The van der Waals surface area contributed by atoms with Crippen LogP contribution in [0, 0.1) is 5.82 Å². The van der Waals surface area contributed by atoms with Crippen LogP contribution in [0.5, 0.6) is 0 Å². The molecule has 3 rings (SSSR count). The van der Waals surface area contributed by atoms with Crippen molar-refractivity contribution < 1.29 is 17.5 Å². The predicted molar refractivity (Wildman–Crippen MR) is 77.1 cm³/mol. The minimum absolute atomic E-state index is 0.000156. The second kappa shape index (κ2) is 4.17. The van der Waals surface area contributed by atoms with Gasteiger partial charge in [-0.2, -0.15) is 0 Å². The van der Waals surface area contributed by atoms with Crippen LogP contribution < -0.4 is 11.5 Å². The Morgan fingerprint density at radius 2 is 2.00 bits per heavy atom. The normalized spacial score (nSPS) is 29.7. The van der Waals surface area contributed by atoms with Gasteiger partial charge in [0.2, 0.25) is 0 Å². The van der Waals surface area contributed by atoms with Crippen LogP contribution in [0.1, 0.15) is 12.5 Å². The number of amidine groups is 1. The number of ether oxygens (including phenoxy) is 1. The third kappa shape index (κ3) is 1.86. The molecule has 114 valence electrons. The molecule has 0 aliphatic carbocycles. The Bertz CT molecular complexity index is 743. The molecular weight excluding hydrogens is 297 g/mol. The number of benzene rings is 1. The molecule has 0 amide bonds. The summed E-state index contributed by atoms with van der Waals surface area (Å²) in [7, 11) is -3.61. The second-order valence-corrected chi connectivity index (χ2v) is 8.06. The Labute approximate surface area is 121 Å². The van der Waals surface area contributed by atoms with Crippen molar-refractivity contribution in [1.82, 2.24) is 0 Å². The number of sulfone groups is 1. The molecule has 1 unspecified atom stereocenters. The lowest BCUT2D eigenvalue weighted by molar-refractivity contribution is 0.0148. The first-order chi connectivity index (χ1) is 9.70. The summed E-state index contributed by atoms with van der Waals surface area (Å²) in [6, 6.07) is 4.01. The van der Waals surface area contributed by atoms with E-state index in [4.69, 9.17) is 16.2 Å². The van der Waals surface area contributed by atoms with E-state index in [0.29, 0.717) is 5.69 Å². The smallest absolute Gasteiger partial charge is 0.175 e. The number of halogens is 1. The Morgan fingerprint density at radius 1 is 1.33 bits per heavy atom. The summed E-state index contributed by atoms with van der Waals surface area (Å²) in [5.74, 6) is -0.909. The molecular formula is C13H16FN3O3S. The number of hydrogen-bond acceptors (Lipinski definition) is 6. The number of nitrogens with two attached hydrogens (primary N) is 2. The standard InChI is InChI=1S/C13H16FN3O3S/c1-12(9-4-8(15)2-3-10(9)14)7-21(18,19)13(5-20-6-13)11(16)17-12/h2-4H,5-7,15H2,1H3,(H2,16,17). The van der Waals surface area contributed by atoms with Crippen molar-refractivity contribution in [1.29, 1.82) is 0 Å². The lowest BCUT2D eigenvalue weighted by atomic mass is 9.92. The molecule has 8 heteroatoms. The van der Waals surface area contributed by atoms with Gasteiger partial charge in [-0.25, -0.2) is 12.8 Å². The van der Waals surface area contributed by atoms with E-state index in [0.717, 1.165) is 0 Å². The van der Waals surface area contributed by atoms with Crippen LogP contribution >= 0.6 is 0 Å². The number of anilines is 1. The first-order valence-electron chi connectivity index (χ1n) is 6.42. The van der Waals surface area contributed by atoms with E-state index < -0.39 is 25.9 Å². The van der Waals surface area contributed by atoms with Gasteiger partial charge in [-0.15, -0.1) is 0 Å². The zero-order valence-corrected chi connectivity index (χ0v) is 12.3. The van der Waals surface area contributed by atoms with Gasteiger partial charge in [0.15, 0.2) is 14.6 Å². The molecule has 0 bridgehead atoms. The number of hydrogen-bond donors (Lipinski definition) is 2. The van der Waals surface area contributed by atoms with Gasteiger partial charge in [0.05, 0.1) is 19.0 Å². The predicted octanol–water partition coefficient (Wildman–Crippen LogP) is 0.178. The molecule has 1 atom stereocenters. The summed E-state index contributed by atoms with van der Waals surface area (Å²) in [5.41, 5.74) is 10.7. The fourth-order valence-electron chi connectivity index (χ4n) is 2.78. The van der Waals surface area contributed by atoms with Crippen molar-refractivity contribution in [2.24, 2.45) is 10.7 Å². The summed E-state index contributed by atoms with van der Waals surface area (Å²) < 4.78 is 43.0. The lowest BCUT2D eigenvalue weighted by Gasteiger charge is -2.46. The van der Waals surface area contributed by atoms with Crippen molar-refractivity contribution in [2.45, 2.75) is 17.2 Å². The zero-order chi connectivity index (χ0) is 15.5. The zero-order valence-electron chi connectivity index (χ0n) is 11.5. The lowest BCUT2D eigenvalue weighted by Crippen LogP contribution is -2.68. The summed E-state index contributed by atoms with van der Waals surface area (Å²) in [5, 5.41) is 0. The van der Waals surface area contributed by atoms with Crippen LogP contribution in [0.3, 0.4) is 0 Å². The quantitative estimate of drug-likeness (QED) is 0.719. The van der Waals surface area contributed by atoms with Crippen LogP contribution in [-0.2, 0) is 20.1 Å². The highest BCUT2D eigenvalue weighted by atomic mass is 32.2. The van der Waals surface area contributed by atoms with E-state index >= 15 is 0 Å². The van der Waals surface area contributed by atoms with Gasteiger partial charge in [-0.05, 0) is 25.1 Å². The molecule has 21 heavy (non-hydrogen) atoms. The highest BCUT2D eigenvalue weighted by Crippen LogP contribution is 2.41. The van der Waals surface area contributed by atoms with Crippen molar-refractivity contribution in [2.75, 3.05) is 24.7 Å². The molecule has 1 aromatic carbocycles. The van der Waals surface area contributed by atoms with Crippen LogP contribution in [0.25, 0.3) is 0 Å². The molecule has 0 saturated carbocycles. The van der Waals surface area contributed by atoms with Crippen molar-refractivity contribution in [3.63, 3.8) is 0 Å². The molecule has 4 N–H and O–H groups in total. The molecule has 2 aliphatic heterocycles. The van der Waals surface area contributed by atoms with E-state index in [1.165, 1.54) is 18.2 Å². The van der Waals surface area contributed by atoms with E-state index in [-0.39, 0.29) is 30.4 Å². The number of rotatable bonds is 1. The Kier molecular flexibility index (Phi) is 2.84. The van der Waals surface area contributed by atoms with Crippen LogP contribution in [0.2, 0.25) is 0 Å². The van der Waals surface area contributed by atoms with E-state index in [1.807, 2.05) is 0 Å². The van der Waals surface area contributed by atoms with Crippen molar-refractivity contribution in [3.05, 3.63) is 29.6 Å². The summed E-state index contributed by atoms with van der Waals surface area (Å²) in [6.07, 6.45) is 0. The topological polar surface area (TPSA) is 108 Å². The molecule has 1 spiro atoms. The van der Waals surface area contributed by atoms with Crippen molar-refractivity contribution >= 4 is 21.4 Å². The first kappa shape index (κ1) is 14.3. The Morgan fingerprint density at radius 3 is 2.52 bits per heavy atom. The van der Waals surface area contributed by atoms with Crippen LogP contribution in [-0.4, -0.2) is 38.0 Å². The van der Waals surface area contributed by atoms with Gasteiger partial charge in [0.25, 0.3) is 0 Å². The first-order valence-corrected chi connectivity index (χ1v) is 8.07. The fourth-order valence-corrected chi connectivity index (χ4v) is 4.90. The minimum atomic E-state index is -3.61. The summed E-state index contributed by atoms with van der Waals surface area (Å²) >= 11 is 0. The Hall–Kier alpha value is -1.67. The maximum atomic E-state index is 14.1. The second-order valence-electron chi connectivity index (χ2n) is 5.76. The van der Waals surface area contributed by atoms with Gasteiger partial charge in [-0.1, -0.05) is 0 Å². The summed E-state index contributed by atoms with van der Waals surface area (Å²) in [4.78, 5) is 4.30. The average Bonchev–Trinajstić information content (AvgIpc) is 2.27. The molecule has 0 radical (unpaired) electrons. The number of aliphatic imine (C=N–C) groups is 1. The van der Waals surface area contributed by atoms with Gasteiger partial charge in [0, 0.05) is 11.3 Å². The highest BCUT2D eigenvalue weighted by Gasteiger charge is 2.59. The molecule has 0 aromatic heterocycles. The van der Waals surface area contributed by atoms with E-state index in [1.54, 1.807) is 6.92 Å². The average molecular weight is 313 g/mol. The number of nitrogen functional groups attached to an aromatic ring is 1. The van der Waals surface area contributed by atoms with Gasteiger partial charge in [0.1, 0.15) is 17.2 Å². The largest absolute Gasteiger partial charge is 0.399 e. The SMILES string of the molecule is CC1(c2cc(N)ccc2F)CS(=O)(=O)C2(COC2)C(N)=N1. The molecule has 6 nitrogen and oxygen atoms in total. The highest BCUT2D eigenvalue weighted by molar-refractivity contribution is 7.93. The third-order valence-electron chi connectivity index (χ3n) is 4.14. The third-order valence-corrected chi connectivity index (χ3v) is 6.72. The van der Waals surface area contributed by atoms with Gasteiger partial charge in [-0.3, -0.25) is 4.99 Å². The van der Waals surface area contributed by atoms with Gasteiger partial charge < -0.3 is 16.2 Å². The minimum Gasteiger partial charge on any atom is -0.399 e. The molecule has 2 heterocycles. The maximum absolute atomic E-state index is 14.1. The van der Waals surface area contributed by atoms with Crippen LogP contribution in [0.4, 0.5) is 10.1 Å². The number of nitrogens with zero attached hydrogens (tertiary/aromatic N) is 1. The molecule has 1 aromatic rings. The molecule has 2 aliphatic rings. The molecule has 1 saturated heterocycles. The van der Waals surface area contributed by atoms with E-state index in [9.17, 15) is 12.8 Å². The maximum Gasteiger partial charge on any atom is 0.175 e. The fraction of sp³-hybridized carbons (Fsp3) is 0.462. The van der Waals surface area contributed by atoms with Gasteiger partial charge >= 0.3 is 0 Å². The van der Waals surface area contributed by atoms with Crippen LogP contribution in [0.15, 0.2) is 23.2 Å².